The Balaban J connectivity index is 1.81. The minimum absolute atomic E-state index is 0.0405. The molecular formula is C22H26N2O6S2. The molecule has 0 saturated carbocycles. The van der Waals surface area contributed by atoms with Crippen molar-refractivity contribution in [1.82, 2.24) is 4.31 Å². The Hall–Kier alpha value is -2.56. The topological polar surface area (TPSA) is 110 Å². The number of hydrogen-bond acceptors (Lipinski definition) is 7. The van der Waals surface area contributed by atoms with Gasteiger partial charge in [0.15, 0.2) is 5.78 Å². The van der Waals surface area contributed by atoms with Crippen LogP contribution in [0.2, 0.25) is 0 Å². The van der Waals surface area contributed by atoms with E-state index in [-0.39, 0.29) is 23.8 Å². The maximum Gasteiger partial charge on any atom is 0.348 e. The van der Waals surface area contributed by atoms with Gasteiger partial charge in [-0.05, 0) is 57.4 Å². The Bertz CT molecular complexity index is 1120. The number of thiophene rings is 1. The molecule has 10 heteroatoms. The van der Waals surface area contributed by atoms with Crippen LogP contribution in [0.25, 0.3) is 0 Å². The first-order valence-corrected chi connectivity index (χ1v) is 12.6. The number of ketones is 1. The van der Waals surface area contributed by atoms with Gasteiger partial charge in [-0.1, -0.05) is 18.6 Å². The molecule has 0 aliphatic carbocycles. The minimum Gasteiger partial charge on any atom is -0.462 e. The quantitative estimate of drug-likeness (QED) is 0.481. The van der Waals surface area contributed by atoms with Crippen molar-refractivity contribution in [3.8, 4) is 0 Å². The van der Waals surface area contributed by atoms with Gasteiger partial charge in [-0.25, -0.2) is 13.2 Å². The van der Waals surface area contributed by atoms with E-state index < -0.39 is 27.9 Å². The van der Waals surface area contributed by atoms with E-state index in [1.165, 1.54) is 35.5 Å². The van der Waals surface area contributed by atoms with Crippen molar-refractivity contribution in [3.63, 3.8) is 0 Å². The van der Waals surface area contributed by atoms with Crippen molar-refractivity contribution in [1.29, 1.82) is 0 Å². The summed E-state index contributed by atoms with van der Waals surface area (Å²) in [5.74, 6) is -1.05. The van der Waals surface area contributed by atoms with Crippen molar-refractivity contribution in [2.75, 3.05) is 18.5 Å². The van der Waals surface area contributed by atoms with Crippen molar-refractivity contribution < 1.29 is 27.5 Å². The number of Topliss-reactive ketones (excluding diaryl/α,β-unsaturated/α-hetero) is 1. The zero-order valence-electron chi connectivity index (χ0n) is 18.2. The van der Waals surface area contributed by atoms with Crippen LogP contribution >= 0.6 is 11.3 Å². The molecule has 32 heavy (non-hydrogen) atoms. The molecule has 1 fully saturated rings. The van der Waals surface area contributed by atoms with Gasteiger partial charge in [0.2, 0.25) is 15.9 Å². The van der Waals surface area contributed by atoms with E-state index in [1.54, 1.807) is 19.9 Å². The molecule has 8 nitrogen and oxygen atoms in total. The molecular weight excluding hydrogens is 452 g/mol. The smallest absolute Gasteiger partial charge is 0.348 e. The van der Waals surface area contributed by atoms with Crippen LogP contribution in [0.3, 0.4) is 0 Å². The lowest BCUT2D eigenvalue weighted by Gasteiger charge is -2.33. The number of sulfonamides is 1. The number of nitrogens with zero attached hydrogens (tertiary/aromatic N) is 1. The third-order valence-corrected chi connectivity index (χ3v) is 8.30. The maximum absolute atomic E-state index is 13.3. The molecule has 0 spiro atoms. The standard InChI is InChI=1S/C22H26N2O6S2/c1-4-30-22(27)20-14(2)13-19(31-20)23-21(26)18-7-5-6-12-24(18)32(28,29)17-10-8-16(9-11-17)15(3)25/h8-11,13,18H,4-7,12H2,1-3H3,(H,23,26). The Labute approximate surface area is 191 Å². The highest BCUT2D eigenvalue weighted by Gasteiger charge is 2.38. The van der Waals surface area contributed by atoms with Crippen molar-refractivity contribution >= 4 is 44.0 Å². The zero-order chi connectivity index (χ0) is 23.5. The van der Waals surface area contributed by atoms with Gasteiger partial charge < -0.3 is 10.1 Å². The Morgan fingerprint density at radius 1 is 1.19 bits per heavy atom. The van der Waals surface area contributed by atoms with Gasteiger partial charge in [0.05, 0.1) is 16.5 Å². The molecule has 1 aromatic heterocycles. The first kappa shape index (κ1) is 24.1. The maximum atomic E-state index is 13.3. The van der Waals surface area contributed by atoms with Crippen molar-refractivity contribution in [2.24, 2.45) is 0 Å². The second-order valence-electron chi connectivity index (χ2n) is 7.54. The van der Waals surface area contributed by atoms with E-state index >= 15 is 0 Å². The summed E-state index contributed by atoms with van der Waals surface area (Å²) in [6.07, 6.45) is 1.77. The Morgan fingerprint density at radius 2 is 1.88 bits per heavy atom. The molecule has 3 rings (SSSR count). The number of ether oxygens (including phenoxy) is 1. The van der Waals surface area contributed by atoms with Crippen LogP contribution in [0.5, 0.6) is 0 Å². The van der Waals surface area contributed by atoms with Gasteiger partial charge >= 0.3 is 5.97 Å². The number of carbonyl (C=O) groups excluding carboxylic acids is 3. The highest BCUT2D eigenvalue weighted by Crippen LogP contribution is 2.30. The third-order valence-electron chi connectivity index (χ3n) is 5.25. The van der Waals surface area contributed by atoms with Crippen LogP contribution in [0.4, 0.5) is 5.00 Å². The number of benzene rings is 1. The number of nitrogens with one attached hydrogen (secondary N) is 1. The van der Waals surface area contributed by atoms with E-state index in [1.807, 2.05) is 0 Å². The number of anilines is 1. The lowest BCUT2D eigenvalue weighted by atomic mass is 10.0. The van der Waals surface area contributed by atoms with Crippen LogP contribution in [-0.4, -0.2) is 49.6 Å². The van der Waals surface area contributed by atoms with Gasteiger partial charge in [-0.15, -0.1) is 11.3 Å². The summed E-state index contributed by atoms with van der Waals surface area (Å²) < 4.78 is 32.8. The fourth-order valence-electron chi connectivity index (χ4n) is 3.60. The molecule has 2 aromatic rings. The number of rotatable bonds is 7. The summed E-state index contributed by atoms with van der Waals surface area (Å²) in [6, 6.07) is 6.54. The zero-order valence-corrected chi connectivity index (χ0v) is 19.8. The molecule has 0 bridgehead atoms. The summed E-state index contributed by atoms with van der Waals surface area (Å²) in [5.41, 5.74) is 1.10. The van der Waals surface area contributed by atoms with Gasteiger partial charge in [-0.3, -0.25) is 9.59 Å². The lowest BCUT2D eigenvalue weighted by molar-refractivity contribution is -0.120. The van der Waals surface area contributed by atoms with Crippen LogP contribution in [-0.2, 0) is 19.6 Å². The van der Waals surface area contributed by atoms with Crippen LogP contribution in [0.1, 0.15) is 58.7 Å². The average Bonchev–Trinajstić information content (AvgIpc) is 3.14. The molecule has 1 aliphatic heterocycles. The average molecular weight is 479 g/mol. The summed E-state index contributed by atoms with van der Waals surface area (Å²) in [5, 5.41) is 3.23. The fraction of sp³-hybridized carbons (Fsp3) is 0.409. The van der Waals surface area contributed by atoms with Gasteiger partial charge in [-0.2, -0.15) is 4.31 Å². The summed E-state index contributed by atoms with van der Waals surface area (Å²) in [6.45, 7) is 5.36. The number of amides is 1. The molecule has 0 radical (unpaired) electrons. The van der Waals surface area contributed by atoms with Gasteiger partial charge in [0.25, 0.3) is 0 Å². The molecule has 1 aromatic carbocycles. The second-order valence-corrected chi connectivity index (χ2v) is 10.5. The fourth-order valence-corrected chi connectivity index (χ4v) is 6.23. The first-order chi connectivity index (χ1) is 15.1. The largest absolute Gasteiger partial charge is 0.462 e. The van der Waals surface area contributed by atoms with Crippen molar-refractivity contribution in [2.45, 2.75) is 51.0 Å². The number of piperidine rings is 1. The van der Waals surface area contributed by atoms with Gasteiger partial charge in [0, 0.05) is 12.1 Å². The van der Waals surface area contributed by atoms with Crippen LogP contribution in [0.15, 0.2) is 35.2 Å². The highest BCUT2D eigenvalue weighted by atomic mass is 32.2. The number of hydrogen-bond donors (Lipinski definition) is 1. The van der Waals surface area contributed by atoms with Gasteiger partial charge in [0.1, 0.15) is 10.9 Å². The SMILES string of the molecule is CCOC(=O)c1sc(NC(=O)C2CCCCN2S(=O)(=O)c2ccc(C(C)=O)cc2)cc1C. The molecule has 1 saturated heterocycles. The van der Waals surface area contributed by atoms with Crippen molar-refractivity contribution in [3.05, 3.63) is 46.3 Å². The third kappa shape index (κ3) is 5.08. The monoisotopic (exact) mass is 478 g/mol. The summed E-state index contributed by atoms with van der Waals surface area (Å²) in [7, 11) is -3.92. The lowest BCUT2D eigenvalue weighted by Crippen LogP contribution is -2.49. The molecule has 1 N–H and O–H groups in total. The molecule has 1 amide bonds. The van der Waals surface area contributed by atoms with Crippen LogP contribution in [0, 0.1) is 6.92 Å². The van der Waals surface area contributed by atoms with E-state index in [0.717, 1.165) is 17.8 Å². The summed E-state index contributed by atoms with van der Waals surface area (Å²) in [4.78, 5) is 37.0. The highest BCUT2D eigenvalue weighted by molar-refractivity contribution is 7.89. The Morgan fingerprint density at radius 3 is 2.50 bits per heavy atom. The van der Waals surface area contributed by atoms with E-state index in [9.17, 15) is 22.8 Å². The first-order valence-electron chi connectivity index (χ1n) is 10.4. The summed E-state index contributed by atoms with van der Waals surface area (Å²) >= 11 is 1.10. The number of esters is 1. The number of carbonyl (C=O) groups is 3. The molecule has 1 aliphatic rings. The second kappa shape index (κ2) is 9.93. The molecule has 172 valence electrons. The van der Waals surface area contributed by atoms with Crippen LogP contribution < -0.4 is 5.32 Å². The number of aryl methyl sites for hydroxylation is 1. The van der Waals surface area contributed by atoms with E-state index in [0.29, 0.717) is 33.8 Å². The predicted molar refractivity (Wildman–Crippen MR) is 122 cm³/mol. The molecule has 1 atom stereocenters. The van der Waals surface area contributed by atoms with E-state index in [4.69, 9.17) is 4.74 Å². The Kier molecular flexibility index (Phi) is 7.47. The minimum atomic E-state index is -3.92. The predicted octanol–water partition coefficient (Wildman–Crippen LogP) is 3.62. The normalized spacial score (nSPS) is 17.0. The molecule has 2 heterocycles. The molecule has 1 unspecified atom stereocenters. The van der Waals surface area contributed by atoms with E-state index in [2.05, 4.69) is 5.32 Å².